The molecule has 94 valence electrons. The predicted molar refractivity (Wildman–Crippen MR) is 65.6 cm³/mol. The molecule has 7 nitrogen and oxygen atoms in total. The van der Waals surface area contributed by atoms with Crippen molar-refractivity contribution in [1.29, 1.82) is 0 Å². The number of nitrogens with two attached hydrogens (primary N) is 1. The quantitative estimate of drug-likeness (QED) is 0.599. The number of hydrogen-bond donors (Lipinski definition) is 2. The molecule has 0 aromatic carbocycles. The molecule has 0 aliphatic carbocycles. The van der Waals surface area contributed by atoms with Gasteiger partial charge in [0.15, 0.2) is 0 Å². The Morgan fingerprint density at radius 1 is 1.47 bits per heavy atom. The Kier molecular flexibility index (Phi) is 4.19. The van der Waals surface area contributed by atoms with E-state index < -0.39 is 4.92 Å². The van der Waals surface area contributed by atoms with Crippen LogP contribution in [0.25, 0.3) is 0 Å². The molecule has 1 atom stereocenters. The number of nitrogens with one attached hydrogen (secondary N) is 1. The van der Waals surface area contributed by atoms with E-state index in [1.54, 1.807) is 0 Å². The number of hydrogen-bond acceptors (Lipinski definition) is 6. The molecule has 1 heterocycles. The summed E-state index contributed by atoms with van der Waals surface area (Å²) in [7, 11) is 0. The van der Waals surface area contributed by atoms with Crippen LogP contribution in [0.2, 0.25) is 0 Å². The minimum atomic E-state index is -0.570. The molecule has 0 fully saturated rings. The Morgan fingerprint density at radius 3 is 2.65 bits per heavy atom. The van der Waals surface area contributed by atoms with Crippen LogP contribution in [0.3, 0.4) is 0 Å². The predicted octanol–water partition coefficient (Wildman–Crippen LogP) is 1.81. The maximum Gasteiger partial charge on any atom is 0.352 e. The Bertz CT molecular complexity index is 408. The SMILES string of the molecule is CC(C)CC(C)Nc1ncnc(N)c1[N+](=O)[O-]. The standard InChI is InChI=1S/C10H17N5O2/c1-6(2)4-7(3)14-10-8(15(16)17)9(11)12-5-13-10/h5-7H,4H2,1-3H3,(H3,11,12,13,14). The molecule has 1 unspecified atom stereocenters. The van der Waals surface area contributed by atoms with Crippen LogP contribution < -0.4 is 11.1 Å². The zero-order valence-electron chi connectivity index (χ0n) is 10.2. The van der Waals surface area contributed by atoms with E-state index in [0.29, 0.717) is 5.92 Å². The van der Waals surface area contributed by atoms with Crippen molar-refractivity contribution in [2.75, 3.05) is 11.1 Å². The molecule has 1 aromatic heterocycles. The van der Waals surface area contributed by atoms with E-state index in [1.165, 1.54) is 6.33 Å². The maximum absolute atomic E-state index is 10.9. The third-order valence-corrected chi connectivity index (χ3v) is 2.24. The van der Waals surface area contributed by atoms with Gasteiger partial charge < -0.3 is 11.1 Å². The summed E-state index contributed by atoms with van der Waals surface area (Å²) >= 11 is 0. The van der Waals surface area contributed by atoms with Crippen LogP contribution in [0.1, 0.15) is 27.2 Å². The van der Waals surface area contributed by atoms with Gasteiger partial charge in [-0.2, -0.15) is 0 Å². The molecule has 0 aliphatic rings. The van der Waals surface area contributed by atoms with Gasteiger partial charge in [-0.3, -0.25) is 10.1 Å². The van der Waals surface area contributed by atoms with Crippen molar-refractivity contribution in [2.45, 2.75) is 33.2 Å². The van der Waals surface area contributed by atoms with Crippen LogP contribution in [0.4, 0.5) is 17.3 Å². The number of aromatic nitrogens is 2. The lowest BCUT2D eigenvalue weighted by Gasteiger charge is -2.16. The van der Waals surface area contributed by atoms with E-state index in [9.17, 15) is 10.1 Å². The van der Waals surface area contributed by atoms with Gasteiger partial charge in [0, 0.05) is 6.04 Å². The minimum Gasteiger partial charge on any atom is -0.378 e. The van der Waals surface area contributed by atoms with Crippen molar-refractivity contribution in [3.8, 4) is 0 Å². The zero-order chi connectivity index (χ0) is 13.0. The summed E-state index contributed by atoms with van der Waals surface area (Å²) in [5.41, 5.74) is 5.21. The van der Waals surface area contributed by atoms with Crippen molar-refractivity contribution in [1.82, 2.24) is 9.97 Å². The Morgan fingerprint density at radius 2 is 2.12 bits per heavy atom. The molecular weight excluding hydrogens is 222 g/mol. The first-order chi connectivity index (χ1) is 7.91. The fourth-order valence-electron chi connectivity index (χ4n) is 1.68. The molecule has 1 rings (SSSR count). The van der Waals surface area contributed by atoms with Gasteiger partial charge in [0.1, 0.15) is 6.33 Å². The summed E-state index contributed by atoms with van der Waals surface area (Å²) in [6.45, 7) is 6.11. The summed E-state index contributed by atoms with van der Waals surface area (Å²) in [5.74, 6) is 0.552. The number of anilines is 2. The monoisotopic (exact) mass is 239 g/mol. The van der Waals surface area contributed by atoms with Crippen molar-refractivity contribution in [3.63, 3.8) is 0 Å². The lowest BCUT2D eigenvalue weighted by atomic mass is 10.1. The number of nitrogen functional groups attached to an aromatic ring is 1. The summed E-state index contributed by atoms with van der Waals surface area (Å²) in [5, 5.41) is 13.8. The minimum absolute atomic E-state index is 0.0861. The summed E-state index contributed by atoms with van der Waals surface area (Å²) in [4.78, 5) is 17.8. The molecule has 0 radical (unpaired) electrons. The Balaban J connectivity index is 2.91. The van der Waals surface area contributed by atoms with Crippen LogP contribution >= 0.6 is 0 Å². The molecule has 7 heteroatoms. The Labute approximate surface area is 99.6 Å². The van der Waals surface area contributed by atoms with Gasteiger partial charge in [-0.05, 0) is 19.3 Å². The summed E-state index contributed by atoms with van der Waals surface area (Å²) in [6, 6.07) is 0.0861. The van der Waals surface area contributed by atoms with E-state index in [2.05, 4.69) is 29.1 Å². The fourth-order valence-corrected chi connectivity index (χ4v) is 1.68. The highest BCUT2D eigenvalue weighted by Crippen LogP contribution is 2.27. The topological polar surface area (TPSA) is 107 Å². The van der Waals surface area contributed by atoms with Gasteiger partial charge in [0.05, 0.1) is 4.92 Å². The summed E-state index contributed by atoms with van der Waals surface area (Å²) in [6.07, 6.45) is 2.10. The van der Waals surface area contributed by atoms with Crippen LogP contribution in [-0.4, -0.2) is 20.9 Å². The van der Waals surface area contributed by atoms with Crippen LogP contribution in [0, 0.1) is 16.0 Å². The molecule has 0 saturated heterocycles. The number of rotatable bonds is 5. The second kappa shape index (κ2) is 5.42. The highest BCUT2D eigenvalue weighted by atomic mass is 16.6. The average Bonchev–Trinajstić information content (AvgIpc) is 2.15. The third kappa shape index (κ3) is 3.54. The number of nitro groups is 1. The number of nitrogens with zero attached hydrogens (tertiary/aromatic N) is 3. The lowest BCUT2D eigenvalue weighted by molar-refractivity contribution is -0.383. The van der Waals surface area contributed by atoms with E-state index >= 15 is 0 Å². The molecule has 0 bridgehead atoms. The van der Waals surface area contributed by atoms with Gasteiger partial charge in [0.25, 0.3) is 0 Å². The maximum atomic E-state index is 10.9. The molecular formula is C10H17N5O2. The fraction of sp³-hybridized carbons (Fsp3) is 0.600. The van der Waals surface area contributed by atoms with Crippen molar-refractivity contribution in [2.24, 2.45) is 5.92 Å². The third-order valence-electron chi connectivity index (χ3n) is 2.24. The smallest absolute Gasteiger partial charge is 0.352 e. The van der Waals surface area contributed by atoms with E-state index in [-0.39, 0.29) is 23.4 Å². The van der Waals surface area contributed by atoms with Crippen LogP contribution in [0.5, 0.6) is 0 Å². The van der Waals surface area contributed by atoms with Crippen molar-refractivity contribution in [3.05, 3.63) is 16.4 Å². The molecule has 1 aromatic rings. The molecule has 0 saturated carbocycles. The van der Waals surface area contributed by atoms with Gasteiger partial charge in [-0.25, -0.2) is 9.97 Å². The average molecular weight is 239 g/mol. The molecule has 0 aliphatic heterocycles. The molecule has 17 heavy (non-hydrogen) atoms. The lowest BCUT2D eigenvalue weighted by Crippen LogP contribution is -2.19. The van der Waals surface area contributed by atoms with Crippen LogP contribution in [-0.2, 0) is 0 Å². The van der Waals surface area contributed by atoms with Crippen molar-refractivity contribution >= 4 is 17.3 Å². The van der Waals surface area contributed by atoms with Crippen molar-refractivity contribution < 1.29 is 4.92 Å². The zero-order valence-corrected chi connectivity index (χ0v) is 10.2. The van der Waals surface area contributed by atoms with E-state index in [1.807, 2.05) is 6.92 Å². The van der Waals surface area contributed by atoms with Gasteiger partial charge in [-0.15, -0.1) is 0 Å². The molecule has 0 spiro atoms. The van der Waals surface area contributed by atoms with Crippen LogP contribution in [0.15, 0.2) is 6.33 Å². The molecule has 3 N–H and O–H groups in total. The Hall–Kier alpha value is -1.92. The first-order valence-corrected chi connectivity index (χ1v) is 5.43. The summed E-state index contributed by atoms with van der Waals surface area (Å²) < 4.78 is 0. The van der Waals surface area contributed by atoms with E-state index in [4.69, 9.17) is 5.73 Å². The first-order valence-electron chi connectivity index (χ1n) is 5.43. The molecule has 0 amide bonds. The first kappa shape index (κ1) is 13.1. The second-order valence-electron chi connectivity index (χ2n) is 4.39. The van der Waals surface area contributed by atoms with Gasteiger partial charge >= 0.3 is 5.69 Å². The van der Waals surface area contributed by atoms with E-state index in [0.717, 1.165) is 6.42 Å². The highest BCUT2D eigenvalue weighted by Gasteiger charge is 2.21. The normalized spacial score (nSPS) is 12.5. The van der Waals surface area contributed by atoms with Gasteiger partial charge in [-0.1, -0.05) is 13.8 Å². The largest absolute Gasteiger partial charge is 0.378 e. The second-order valence-corrected chi connectivity index (χ2v) is 4.39. The van der Waals surface area contributed by atoms with Gasteiger partial charge in [0.2, 0.25) is 11.6 Å². The highest BCUT2D eigenvalue weighted by molar-refractivity contribution is 5.67.